The molecular weight excluding hydrogens is 332 g/mol. The maximum atomic E-state index is 13.2. The number of amides is 1. The van der Waals surface area contributed by atoms with Gasteiger partial charge in [0.15, 0.2) is 5.13 Å². The number of benzene rings is 2. The van der Waals surface area contributed by atoms with Crippen molar-refractivity contribution in [2.24, 2.45) is 0 Å². The molecule has 0 radical (unpaired) electrons. The topological polar surface area (TPSA) is 51.2 Å². The van der Waals surface area contributed by atoms with Crippen LogP contribution in [0.5, 0.6) is 5.75 Å². The van der Waals surface area contributed by atoms with Gasteiger partial charge in [-0.2, -0.15) is 0 Å². The Labute approximate surface area is 150 Å². The standard InChI is InChI=1S/C20H20N2O2S/c1-24-15-9-10-16-17(13-15)25-19(21-16)22-18(23)20(11-5-6-12-20)14-7-3-2-4-8-14/h2-4,7-10,13H,5-6,11-12H2,1H3,(H,21,22,23). The van der Waals surface area contributed by atoms with Crippen LogP contribution in [-0.4, -0.2) is 18.0 Å². The highest BCUT2D eigenvalue weighted by Crippen LogP contribution is 2.42. The molecule has 5 heteroatoms. The van der Waals surface area contributed by atoms with E-state index in [4.69, 9.17) is 4.74 Å². The van der Waals surface area contributed by atoms with Gasteiger partial charge in [0.2, 0.25) is 5.91 Å². The Morgan fingerprint density at radius 2 is 1.92 bits per heavy atom. The fourth-order valence-corrected chi connectivity index (χ4v) is 4.57. The number of ether oxygens (including phenoxy) is 1. The third-order valence-electron chi connectivity index (χ3n) is 5.03. The molecule has 0 bridgehead atoms. The van der Waals surface area contributed by atoms with Gasteiger partial charge in [-0.15, -0.1) is 0 Å². The zero-order valence-electron chi connectivity index (χ0n) is 14.1. The Balaban J connectivity index is 1.64. The summed E-state index contributed by atoms with van der Waals surface area (Å²) >= 11 is 1.48. The predicted molar refractivity (Wildman–Crippen MR) is 101 cm³/mol. The summed E-state index contributed by atoms with van der Waals surface area (Å²) in [6.45, 7) is 0. The van der Waals surface area contributed by atoms with Gasteiger partial charge in [-0.05, 0) is 36.6 Å². The summed E-state index contributed by atoms with van der Waals surface area (Å²) in [6, 6.07) is 15.9. The second kappa shape index (κ2) is 6.48. The normalized spacial score (nSPS) is 16.0. The maximum absolute atomic E-state index is 13.2. The predicted octanol–water partition coefficient (Wildman–Crippen LogP) is 4.76. The monoisotopic (exact) mass is 352 g/mol. The first-order chi connectivity index (χ1) is 12.2. The van der Waals surface area contributed by atoms with E-state index in [0.717, 1.165) is 47.2 Å². The van der Waals surface area contributed by atoms with Crippen molar-refractivity contribution in [2.45, 2.75) is 31.1 Å². The second-order valence-electron chi connectivity index (χ2n) is 6.46. The third-order valence-corrected chi connectivity index (χ3v) is 5.97. The van der Waals surface area contributed by atoms with Crippen LogP contribution in [0.1, 0.15) is 31.2 Å². The van der Waals surface area contributed by atoms with E-state index in [1.165, 1.54) is 11.3 Å². The van der Waals surface area contributed by atoms with Crippen molar-refractivity contribution in [3.05, 3.63) is 54.1 Å². The number of hydrogen-bond acceptors (Lipinski definition) is 4. The van der Waals surface area contributed by atoms with Crippen LogP contribution in [-0.2, 0) is 10.2 Å². The van der Waals surface area contributed by atoms with Crippen LogP contribution in [0.2, 0.25) is 0 Å². The van der Waals surface area contributed by atoms with Crippen LogP contribution in [0, 0.1) is 0 Å². The van der Waals surface area contributed by atoms with E-state index in [0.29, 0.717) is 5.13 Å². The third kappa shape index (κ3) is 2.89. The summed E-state index contributed by atoms with van der Waals surface area (Å²) in [5.74, 6) is 0.854. The number of anilines is 1. The van der Waals surface area contributed by atoms with E-state index in [2.05, 4.69) is 22.4 Å². The second-order valence-corrected chi connectivity index (χ2v) is 7.49. The first kappa shape index (κ1) is 16.1. The van der Waals surface area contributed by atoms with Gasteiger partial charge in [-0.3, -0.25) is 4.79 Å². The van der Waals surface area contributed by atoms with Crippen molar-refractivity contribution in [2.75, 3.05) is 12.4 Å². The fourth-order valence-electron chi connectivity index (χ4n) is 3.68. The molecule has 1 aliphatic rings. The highest BCUT2D eigenvalue weighted by Gasteiger charge is 2.42. The molecule has 1 N–H and O–H groups in total. The summed E-state index contributed by atoms with van der Waals surface area (Å²) in [5, 5.41) is 3.73. The van der Waals surface area contributed by atoms with Gasteiger partial charge in [-0.25, -0.2) is 4.98 Å². The molecule has 1 aromatic heterocycles. The van der Waals surface area contributed by atoms with Gasteiger partial charge in [0.05, 0.1) is 22.7 Å². The van der Waals surface area contributed by atoms with Gasteiger partial charge in [0.1, 0.15) is 5.75 Å². The molecule has 0 saturated heterocycles. The minimum atomic E-state index is -0.434. The van der Waals surface area contributed by atoms with Gasteiger partial charge in [0, 0.05) is 0 Å². The Hall–Kier alpha value is -2.40. The first-order valence-electron chi connectivity index (χ1n) is 8.53. The number of carbonyl (C=O) groups is 1. The smallest absolute Gasteiger partial charge is 0.236 e. The largest absolute Gasteiger partial charge is 0.497 e. The molecule has 0 unspecified atom stereocenters. The number of aromatic nitrogens is 1. The van der Waals surface area contributed by atoms with Gasteiger partial charge in [-0.1, -0.05) is 54.5 Å². The number of nitrogens with zero attached hydrogens (tertiary/aromatic N) is 1. The Morgan fingerprint density at radius 3 is 2.64 bits per heavy atom. The summed E-state index contributed by atoms with van der Waals surface area (Å²) in [6.07, 6.45) is 3.95. The van der Waals surface area contributed by atoms with Gasteiger partial charge < -0.3 is 10.1 Å². The molecule has 2 aromatic carbocycles. The van der Waals surface area contributed by atoms with E-state index in [1.807, 2.05) is 36.4 Å². The molecule has 0 aliphatic heterocycles. The molecule has 1 saturated carbocycles. The average molecular weight is 352 g/mol. The number of nitrogens with one attached hydrogen (secondary N) is 1. The lowest BCUT2D eigenvalue weighted by Gasteiger charge is -2.27. The minimum absolute atomic E-state index is 0.0576. The highest BCUT2D eigenvalue weighted by molar-refractivity contribution is 7.22. The minimum Gasteiger partial charge on any atom is -0.497 e. The van der Waals surface area contributed by atoms with Crippen molar-refractivity contribution in [3.63, 3.8) is 0 Å². The van der Waals surface area contributed by atoms with Crippen molar-refractivity contribution in [1.29, 1.82) is 0 Å². The summed E-state index contributed by atoms with van der Waals surface area (Å²) in [5.41, 5.74) is 1.55. The van der Waals surface area contributed by atoms with Crippen molar-refractivity contribution < 1.29 is 9.53 Å². The van der Waals surface area contributed by atoms with Gasteiger partial charge in [0.25, 0.3) is 0 Å². The van der Waals surface area contributed by atoms with Crippen LogP contribution >= 0.6 is 11.3 Å². The van der Waals surface area contributed by atoms with E-state index < -0.39 is 5.41 Å². The van der Waals surface area contributed by atoms with E-state index in [1.54, 1.807) is 7.11 Å². The molecule has 1 amide bonds. The molecule has 1 fully saturated rings. The molecule has 3 aromatic rings. The molecule has 128 valence electrons. The number of hydrogen-bond donors (Lipinski definition) is 1. The van der Waals surface area contributed by atoms with Crippen LogP contribution in [0.15, 0.2) is 48.5 Å². The lowest BCUT2D eigenvalue weighted by atomic mass is 9.78. The highest BCUT2D eigenvalue weighted by atomic mass is 32.1. The Bertz CT molecular complexity index is 898. The van der Waals surface area contributed by atoms with Crippen LogP contribution in [0.3, 0.4) is 0 Å². The van der Waals surface area contributed by atoms with Gasteiger partial charge >= 0.3 is 0 Å². The Morgan fingerprint density at radius 1 is 1.16 bits per heavy atom. The zero-order valence-corrected chi connectivity index (χ0v) is 14.9. The molecule has 4 nitrogen and oxygen atoms in total. The van der Waals surface area contributed by atoms with Crippen LogP contribution in [0.4, 0.5) is 5.13 Å². The van der Waals surface area contributed by atoms with E-state index in [-0.39, 0.29) is 5.91 Å². The lowest BCUT2D eigenvalue weighted by molar-refractivity contribution is -0.121. The van der Waals surface area contributed by atoms with Crippen LogP contribution in [0.25, 0.3) is 10.2 Å². The number of thiazole rings is 1. The quantitative estimate of drug-likeness (QED) is 0.737. The SMILES string of the molecule is COc1ccc2nc(NC(=O)C3(c4ccccc4)CCCC3)sc2c1. The molecule has 0 spiro atoms. The number of fused-ring (bicyclic) bond motifs is 1. The zero-order chi connectivity index (χ0) is 17.3. The summed E-state index contributed by atoms with van der Waals surface area (Å²) in [4.78, 5) is 17.7. The van der Waals surface area contributed by atoms with Crippen molar-refractivity contribution >= 4 is 32.6 Å². The number of rotatable bonds is 4. The van der Waals surface area contributed by atoms with E-state index >= 15 is 0 Å². The number of carbonyl (C=O) groups excluding carboxylic acids is 1. The first-order valence-corrected chi connectivity index (χ1v) is 9.34. The fraction of sp³-hybridized carbons (Fsp3) is 0.300. The van der Waals surface area contributed by atoms with Crippen molar-refractivity contribution in [1.82, 2.24) is 4.98 Å². The lowest BCUT2D eigenvalue weighted by Crippen LogP contribution is -2.37. The molecule has 1 aliphatic carbocycles. The summed E-state index contributed by atoms with van der Waals surface area (Å²) in [7, 11) is 1.65. The van der Waals surface area contributed by atoms with Crippen LogP contribution < -0.4 is 10.1 Å². The van der Waals surface area contributed by atoms with Crippen molar-refractivity contribution in [3.8, 4) is 5.75 Å². The van der Waals surface area contributed by atoms with E-state index in [9.17, 15) is 4.79 Å². The molecule has 4 rings (SSSR count). The number of methoxy groups -OCH3 is 1. The molecular formula is C20H20N2O2S. The summed E-state index contributed by atoms with van der Waals surface area (Å²) < 4.78 is 6.27. The molecule has 25 heavy (non-hydrogen) atoms. The average Bonchev–Trinajstić information content (AvgIpc) is 3.29. The Kier molecular flexibility index (Phi) is 4.17. The maximum Gasteiger partial charge on any atom is 0.236 e. The molecule has 1 heterocycles. The molecule has 0 atom stereocenters.